The molecule has 0 bridgehead atoms. The minimum atomic E-state index is -3.67. The molecule has 0 spiro atoms. The molecule has 6 nitrogen and oxygen atoms in total. The minimum absolute atomic E-state index is 0.0317. The van der Waals surface area contributed by atoms with Crippen LogP contribution in [0.4, 0.5) is 0 Å². The summed E-state index contributed by atoms with van der Waals surface area (Å²) in [7, 11) is -1.87. The summed E-state index contributed by atoms with van der Waals surface area (Å²) in [6, 6.07) is 6.64. The van der Waals surface area contributed by atoms with Crippen molar-refractivity contribution >= 4 is 10.0 Å². The van der Waals surface area contributed by atoms with E-state index in [2.05, 4.69) is 30.6 Å². The number of aliphatic hydroxyl groups is 1. The maximum atomic E-state index is 12.9. The number of aliphatic hydroxyl groups excluding tert-OH is 1. The maximum Gasteiger partial charge on any atom is 0.241 e. The van der Waals surface area contributed by atoms with Crippen molar-refractivity contribution in [2.45, 2.75) is 56.1 Å². The summed E-state index contributed by atoms with van der Waals surface area (Å²) in [5, 5.41) is 13.8. The fourth-order valence-electron chi connectivity index (χ4n) is 3.31. The molecule has 26 heavy (non-hydrogen) atoms. The summed E-state index contributed by atoms with van der Waals surface area (Å²) >= 11 is 0. The molecule has 142 valence electrons. The van der Waals surface area contributed by atoms with Crippen molar-refractivity contribution in [1.82, 2.24) is 14.5 Å². The molecule has 2 aromatic rings. The molecule has 0 amide bonds. The molecular weight excluding hydrogens is 350 g/mol. The fourth-order valence-corrected chi connectivity index (χ4v) is 4.60. The zero-order valence-corrected chi connectivity index (χ0v) is 16.5. The predicted octanol–water partition coefficient (Wildman–Crippen LogP) is 2.51. The Morgan fingerprint density at radius 1 is 1.23 bits per heavy atom. The molecule has 0 unspecified atom stereocenters. The molecule has 0 saturated heterocycles. The molecule has 1 atom stereocenters. The van der Waals surface area contributed by atoms with Gasteiger partial charge in [-0.15, -0.1) is 0 Å². The number of aromatic nitrogens is 2. The number of rotatable bonds is 5. The zero-order valence-electron chi connectivity index (χ0n) is 15.7. The Labute approximate surface area is 155 Å². The molecule has 1 aromatic heterocycles. The van der Waals surface area contributed by atoms with E-state index in [9.17, 15) is 13.5 Å². The SMILES string of the molecule is Cn1cc([C@H](NS(=O)(=O)c2ccc(C(C)(C)C)cc2)C2CC(O)C2)cn1. The molecule has 1 aromatic carbocycles. The number of sulfonamides is 1. The Morgan fingerprint density at radius 3 is 2.31 bits per heavy atom. The van der Waals surface area contributed by atoms with E-state index >= 15 is 0 Å². The van der Waals surface area contributed by atoms with Gasteiger partial charge >= 0.3 is 0 Å². The van der Waals surface area contributed by atoms with Gasteiger partial charge in [0.15, 0.2) is 0 Å². The van der Waals surface area contributed by atoms with E-state index in [1.807, 2.05) is 18.3 Å². The highest BCUT2D eigenvalue weighted by Gasteiger charge is 2.37. The molecule has 1 aliphatic rings. The summed E-state index contributed by atoms with van der Waals surface area (Å²) in [6.07, 6.45) is 4.33. The van der Waals surface area contributed by atoms with Gasteiger partial charge in [-0.3, -0.25) is 4.68 Å². The van der Waals surface area contributed by atoms with Gasteiger partial charge in [0.05, 0.1) is 23.2 Å². The predicted molar refractivity (Wildman–Crippen MR) is 100 cm³/mol. The summed E-state index contributed by atoms with van der Waals surface area (Å²) in [5.74, 6) is 0.0674. The van der Waals surface area contributed by atoms with Crippen molar-refractivity contribution in [3.05, 3.63) is 47.8 Å². The fraction of sp³-hybridized carbons (Fsp3) is 0.526. The van der Waals surface area contributed by atoms with E-state index in [4.69, 9.17) is 0 Å². The van der Waals surface area contributed by atoms with Gasteiger partial charge in [0.25, 0.3) is 0 Å². The van der Waals surface area contributed by atoms with Crippen molar-refractivity contribution < 1.29 is 13.5 Å². The number of benzene rings is 1. The third-order valence-electron chi connectivity index (χ3n) is 5.02. The number of hydrogen-bond acceptors (Lipinski definition) is 4. The van der Waals surface area contributed by atoms with Crippen molar-refractivity contribution in [3.8, 4) is 0 Å². The van der Waals surface area contributed by atoms with Crippen LogP contribution in [0.1, 0.15) is 50.8 Å². The highest BCUT2D eigenvalue weighted by molar-refractivity contribution is 7.89. The summed E-state index contributed by atoms with van der Waals surface area (Å²) in [5.41, 5.74) is 1.87. The average Bonchev–Trinajstić information content (AvgIpc) is 2.95. The molecule has 1 heterocycles. The Morgan fingerprint density at radius 2 is 1.85 bits per heavy atom. The van der Waals surface area contributed by atoms with Crippen LogP contribution < -0.4 is 4.72 Å². The van der Waals surface area contributed by atoms with Gasteiger partial charge < -0.3 is 5.11 Å². The average molecular weight is 378 g/mol. The first-order chi connectivity index (χ1) is 12.1. The molecule has 0 aliphatic heterocycles. The van der Waals surface area contributed by atoms with Crippen LogP contribution in [0, 0.1) is 5.92 Å². The van der Waals surface area contributed by atoms with Gasteiger partial charge in [0, 0.05) is 18.8 Å². The molecule has 2 N–H and O–H groups in total. The van der Waals surface area contributed by atoms with Crippen LogP contribution in [0.25, 0.3) is 0 Å². The quantitative estimate of drug-likeness (QED) is 0.838. The van der Waals surface area contributed by atoms with Gasteiger partial charge in [-0.25, -0.2) is 13.1 Å². The zero-order chi connectivity index (χ0) is 19.1. The molecule has 1 saturated carbocycles. The van der Waals surface area contributed by atoms with Gasteiger partial charge in [-0.05, 0) is 41.9 Å². The Bertz CT molecular complexity index is 860. The topological polar surface area (TPSA) is 84.2 Å². The van der Waals surface area contributed by atoms with Gasteiger partial charge in [-0.2, -0.15) is 5.10 Å². The molecular formula is C19H27N3O3S. The van der Waals surface area contributed by atoms with Crippen molar-refractivity contribution in [1.29, 1.82) is 0 Å². The third kappa shape index (κ3) is 4.00. The number of aryl methyl sites for hydroxylation is 1. The van der Waals surface area contributed by atoms with E-state index in [1.165, 1.54) is 0 Å². The highest BCUT2D eigenvalue weighted by atomic mass is 32.2. The van der Waals surface area contributed by atoms with Crippen LogP contribution in [0.2, 0.25) is 0 Å². The van der Waals surface area contributed by atoms with E-state index in [0.29, 0.717) is 12.8 Å². The Kier molecular flexibility index (Phi) is 4.98. The largest absolute Gasteiger partial charge is 0.393 e. The van der Waals surface area contributed by atoms with Crippen molar-refractivity contribution in [3.63, 3.8) is 0 Å². The lowest BCUT2D eigenvalue weighted by Crippen LogP contribution is -2.41. The standard InChI is InChI=1S/C19H27N3O3S/c1-19(2,3)15-5-7-17(8-6-15)26(24,25)21-18(13-9-16(23)10-13)14-11-20-22(4)12-14/h5-8,11-13,16,18,21,23H,9-10H2,1-4H3/t13?,16?,18-/m1/s1. The van der Waals surface area contributed by atoms with Crippen LogP contribution in [-0.2, 0) is 22.5 Å². The van der Waals surface area contributed by atoms with Crippen molar-refractivity contribution in [2.24, 2.45) is 13.0 Å². The number of nitrogens with one attached hydrogen (secondary N) is 1. The second kappa shape index (κ2) is 6.79. The molecule has 7 heteroatoms. The second-order valence-electron chi connectivity index (χ2n) is 8.21. The lowest BCUT2D eigenvalue weighted by Gasteiger charge is -2.37. The highest BCUT2D eigenvalue weighted by Crippen LogP contribution is 2.38. The Hall–Kier alpha value is -1.70. The lowest BCUT2D eigenvalue weighted by atomic mass is 9.76. The van der Waals surface area contributed by atoms with Gasteiger partial charge in [0.2, 0.25) is 10.0 Å². The third-order valence-corrected chi connectivity index (χ3v) is 6.47. The van der Waals surface area contributed by atoms with Crippen LogP contribution >= 0.6 is 0 Å². The summed E-state index contributed by atoms with van der Waals surface area (Å²) in [6.45, 7) is 6.28. The minimum Gasteiger partial charge on any atom is -0.393 e. The van der Waals surface area contributed by atoms with Crippen molar-refractivity contribution in [2.75, 3.05) is 0 Å². The number of hydrogen-bond donors (Lipinski definition) is 2. The monoisotopic (exact) mass is 377 g/mol. The molecule has 1 fully saturated rings. The second-order valence-corrected chi connectivity index (χ2v) is 9.92. The van der Waals surface area contributed by atoms with E-state index in [0.717, 1.165) is 11.1 Å². The first kappa shape index (κ1) is 19.1. The lowest BCUT2D eigenvalue weighted by molar-refractivity contribution is 0.0280. The first-order valence-electron chi connectivity index (χ1n) is 8.86. The van der Waals surface area contributed by atoms with Gasteiger partial charge in [0.1, 0.15) is 0 Å². The maximum absolute atomic E-state index is 12.9. The van der Waals surface area contributed by atoms with Crippen LogP contribution in [0.5, 0.6) is 0 Å². The van der Waals surface area contributed by atoms with E-state index in [-0.39, 0.29) is 28.4 Å². The van der Waals surface area contributed by atoms with Gasteiger partial charge in [-0.1, -0.05) is 32.9 Å². The molecule has 1 aliphatic carbocycles. The number of nitrogens with zero attached hydrogens (tertiary/aromatic N) is 2. The van der Waals surface area contributed by atoms with Crippen LogP contribution in [0.15, 0.2) is 41.6 Å². The van der Waals surface area contributed by atoms with E-state index < -0.39 is 10.0 Å². The van der Waals surface area contributed by atoms with Crippen LogP contribution in [-0.4, -0.2) is 29.4 Å². The first-order valence-corrected chi connectivity index (χ1v) is 10.3. The Balaban J connectivity index is 1.85. The molecule has 0 radical (unpaired) electrons. The molecule has 3 rings (SSSR count). The summed E-state index contributed by atoms with van der Waals surface area (Å²) < 4.78 is 30.3. The van der Waals surface area contributed by atoms with Crippen LogP contribution in [0.3, 0.4) is 0 Å². The van der Waals surface area contributed by atoms with E-state index in [1.54, 1.807) is 30.1 Å². The normalized spacial score (nSPS) is 22.0. The smallest absolute Gasteiger partial charge is 0.241 e. The summed E-state index contributed by atoms with van der Waals surface area (Å²) in [4.78, 5) is 0.249.